The van der Waals surface area contributed by atoms with Crippen molar-refractivity contribution in [3.05, 3.63) is 47.0 Å². The third-order valence-corrected chi connectivity index (χ3v) is 8.05. The summed E-state index contributed by atoms with van der Waals surface area (Å²) in [7, 11) is 0. The van der Waals surface area contributed by atoms with E-state index in [2.05, 4.69) is 21.2 Å². The van der Waals surface area contributed by atoms with Crippen LogP contribution in [-0.2, 0) is 4.74 Å². The molecule has 0 unspecified atom stereocenters. The van der Waals surface area contributed by atoms with Gasteiger partial charge in [0.2, 0.25) is 0 Å². The molecule has 8 heteroatoms. The largest absolute Gasteiger partial charge is 0.378 e. The van der Waals surface area contributed by atoms with Crippen molar-refractivity contribution in [3.8, 4) is 0 Å². The van der Waals surface area contributed by atoms with Crippen LogP contribution < -0.4 is 4.90 Å². The molecule has 2 aromatic heterocycles. The lowest BCUT2D eigenvalue weighted by atomic mass is 9.77. The Morgan fingerprint density at radius 1 is 1.21 bits per heavy atom. The Kier molecular flexibility index (Phi) is 5.14. The second-order valence-electron chi connectivity index (χ2n) is 8.04. The van der Waals surface area contributed by atoms with Gasteiger partial charge in [-0.1, -0.05) is 41.0 Å². The van der Waals surface area contributed by atoms with Gasteiger partial charge < -0.3 is 9.64 Å². The highest BCUT2D eigenvalue weighted by atomic mass is 35.5. The maximum atomic E-state index is 6.37. The molecule has 4 heterocycles. The maximum absolute atomic E-state index is 6.37. The van der Waals surface area contributed by atoms with Crippen molar-refractivity contribution in [2.75, 3.05) is 24.6 Å². The summed E-state index contributed by atoms with van der Waals surface area (Å²) in [6.45, 7) is 5.07. The van der Waals surface area contributed by atoms with Crippen LogP contribution in [0.1, 0.15) is 26.2 Å². The van der Waals surface area contributed by atoms with Crippen LogP contribution in [0.25, 0.3) is 5.52 Å². The van der Waals surface area contributed by atoms with Gasteiger partial charge in [0.1, 0.15) is 16.9 Å². The standard InChI is InChI=1S/C21H22Cl2N4OS/c1-14-9-21(12-28-14)5-7-26(8-6-21)20-16-10-24-13-27(16)18(11-25-20)29-17-4-2-3-15(22)19(17)23/h2-4,10-11,13-14H,5-9,12H2,1H3/t14-/m0/s1. The van der Waals surface area contributed by atoms with Gasteiger partial charge in [0.25, 0.3) is 0 Å². The van der Waals surface area contributed by atoms with Crippen molar-refractivity contribution < 1.29 is 4.74 Å². The third kappa shape index (κ3) is 3.61. The average molecular weight is 449 g/mol. The van der Waals surface area contributed by atoms with Crippen LogP contribution in [0.15, 0.2) is 46.8 Å². The quantitative estimate of drug-likeness (QED) is 0.522. The van der Waals surface area contributed by atoms with Crippen molar-refractivity contribution in [1.29, 1.82) is 0 Å². The second kappa shape index (κ2) is 7.65. The molecule has 5 nitrogen and oxygen atoms in total. The number of hydrogen-bond acceptors (Lipinski definition) is 5. The Morgan fingerprint density at radius 3 is 2.79 bits per heavy atom. The van der Waals surface area contributed by atoms with Crippen LogP contribution in [0.5, 0.6) is 0 Å². The molecule has 2 aliphatic rings. The SMILES string of the molecule is C[C@H]1CC2(CCN(c3ncc(Sc4cccc(Cl)c4Cl)n4cncc34)CC2)CO1. The molecule has 152 valence electrons. The zero-order chi connectivity index (χ0) is 20.0. The number of benzene rings is 1. The molecule has 0 aliphatic carbocycles. The van der Waals surface area contributed by atoms with Gasteiger partial charge in [-0.3, -0.25) is 4.40 Å². The Morgan fingerprint density at radius 2 is 2.03 bits per heavy atom. The number of aromatic nitrogens is 3. The highest BCUT2D eigenvalue weighted by Gasteiger charge is 2.41. The lowest BCUT2D eigenvalue weighted by Gasteiger charge is -2.39. The summed E-state index contributed by atoms with van der Waals surface area (Å²) < 4.78 is 7.94. The van der Waals surface area contributed by atoms with Crippen LogP contribution in [0.2, 0.25) is 10.0 Å². The van der Waals surface area contributed by atoms with Crippen LogP contribution in [0.4, 0.5) is 5.82 Å². The topological polar surface area (TPSA) is 42.7 Å². The molecule has 3 aromatic rings. The van der Waals surface area contributed by atoms with Gasteiger partial charge in [-0.15, -0.1) is 0 Å². The summed E-state index contributed by atoms with van der Waals surface area (Å²) >= 11 is 14.1. The van der Waals surface area contributed by atoms with Crippen LogP contribution in [0, 0.1) is 5.41 Å². The Hall–Kier alpha value is -1.47. The molecule has 0 amide bonds. The van der Waals surface area contributed by atoms with Gasteiger partial charge in [0.05, 0.1) is 35.1 Å². The van der Waals surface area contributed by atoms with Gasteiger partial charge in [0, 0.05) is 18.0 Å². The molecule has 0 N–H and O–H groups in total. The Balaban J connectivity index is 1.40. The van der Waals surface area contributed by atoms with E-state index in [1.54, 1.807) is 17.8 Å². The zero-order valence-electron chi connectivity index (χ0n) is 16.1. The molecule has 1 atom stereocenters. The molecule has 1 aromatic carbocycles. The Labute approximate surface area is 184 Å². The first-order valence-corrected chi connectivity index (χ1v) is 11.4. The fourth-order valence-corrected chi connectivity index (χ4v) is 5.86. The van der Waals surface area contributed by atoms with Crippen LogP contribution in [-0.4, -0.2) is 40.2 Å². The molecule has 2 aliphatic heterocycles. The van der Waals surface area contributed by atoms with Gasteiger partial charge in [-0.2, -0.15) is 0 Å². The van der Waals surface area contributed by atoms with Crippen molar-refractivity contribution >= 4 is 46.3 Å². The number of piperidine rings is 1. The second-order valence-corrected chi connectivity index (χ2v) is 9.88. The minimum Gasteiger partial charge on any atom is -0.378 e. The van der Waals surface area contributed by atoms with E-state index in [1.165, 1.54) is 6.42 Å². The van der Waals surface area contributed by atoms with Gasteiger partial charge >= 0.3 is 0 Å². The fourth-order valence-electron chi connectivity index (χ4n) is 4.46. The van der Waals surface area contributed by atoms with Crippen molar-refractivity contribution in [2.24, 2.45) is 5.41 Å². The van der Waals surface area contributed by atoms with Crippen molar-refractivity contribution in [2.45, 2.75) is 42.2 Å². The normalized spacial score (nSPS) is 21.3. The van der Waals surface area contributed by atoms with E-state index in [1.807, 2.05) is 30.9 Å². The van der Waals surface area contributed by atoms with Crippen molar-refractivity contribution in [1.82, 2.24) is 14.4 Å². The first-order chi connectivity index (χ1) is 14.0. The molecule has 1 spiro atoms. The molecule has 2 fully saturated rings. The number of ether oxygens (including phenoxy) is 1. The molecule has 0 bridgehead atoms. The molecule has 29 heavy (non-hydrogen) atoms. The zero-order valence-corrected chi connectivity index (χ0v) is 18.5. The molecule has 5 rings (SSSR count). The highest BCUT2D eigenvalue weighted by molar-refractivity contribution is 7.99. The van der Waals surface area contributed by atoms with E-state index in [9.17, 15) is 0 Å². The first kappa shape index (κ1) is 19.5. The number of nitrogens with zero attached hydrogens (tertiary/aromatic N) is 4. The van der Waals surface area contributed by atoms with E-state index < -0.39 is 0 Å². The summed E-state index contributed by atoms with van der Waals surface area (Å²) in [6.07, 6.45) is 9.47. The summed E-state index contributed by atoms with van der Waals surface area (Å²) in [5, 5.41) is 2.07. The third-order valence-electron chi connectivity index (χ3n) is 6.05. The monoisotopic (exact) mass is 448 g/mol. The highest BCUT2D eigenvalue weighted by Crippen LogP contribution is 2.43. The van der Waals surface area contributed by atoms with Crippen molar-refractivity contribution in [3.63, 3.8) is 0 Å². The van der Waals surface area contributed by atoms with Crippen LogP contribution >= 0.6 is 35.0 Å². The number of anilines is 1. The molecule has 2 saturated heterocycles. The molecule has 0 saturated carbocycles. The summed E-state index contributed by atoms with van der Waals surface area (Å²) in [4.78, 5) is 12.5. The van der Waals surface area contributed by atoms with Gasteiger partial charge in [-0.05, 0) is 43.7 Å². The van der Waals surface area contributed by atoms with E-state index in [0.717, 1.165) is 53.8 Å². The number of hydrogen-bond donors (Lipinski definition) is 0. The molecular formula is C21H22Cl2N4OS. The minimum absolute atomic E-state index is 0.353. The van der Waals surface area contributed by atoms with E-state index in [-0.39, 0.29) is 0 Å². The minimum atomic E-state index is 0.353. The lowest BCUT2D eigenvalue weighted by Crippen LogP contribution is -2.41. The summed E-state index contributed by atoms with van der Waals surface area (Å²) in [5.74, 6) is 0.992. The predicted molar refractivity (Wildman–Crippen MR) is 117 cm³/mol. The van der Waals surface area contributed by atoms with E-state index in [0.29, 0.717) is 21.6 Å². The number of rotatable bonds is 3. The number of fused-ring (bicyclic) bond motifs is 1. The molecular weight excluding hydrogens is 427 g/mol. The summed E-state index contributed by atoms with van der Waals surface area (Å²) in [6, 6.07) is 5.66. The predicted octanol–water partition coefficient (Wildman–Crippen LogP) is 5.58. The average Bonchev–Trinajstić information content (AvgIpc) is 3.34. The smallest absolute Gasteiger partial charge is 0.154 e. The first-order valence-electron chi connectivity index (χ1n) is 9.84. The van der Waals surface area contributed by atoms with E-state index >= 15 is 0 Å². The van der Waals surface area contributed by atoms with Crippen LogP contribution in [0.3, 0.4) is 0 Å². The van der Waals surface area contributed by atoms with Gasteiger partial charge in [0.15, 0.2) is 5.82 Å². The number of halogens is 2. The molecule has 0 radical (unpaired) electrons. The fraction of sp³-hybridized carbons (Fsp3) is 0.429. The lowest BCUT2D eigenvalue weighted by molar-refractivity contribution is 0.0976. The maximum Gasteiger partial charge on any atom is 0.154 e. The van der Waals surface area contributed by atoms with Gasteiger partial charge in [-0.25, -0.2) is 9.97 Å². The summed E-state index contributed by atoms with van der Waals surface area (Å²) in [5.41, 5.74) is 1.37. The van der Waals surface area contributed by atoms with E-state index in [4.69, 9.17) is 32.9 Å². The Bertz CT molecular complexity index is 1050. The number of imidazole rings is 1.